The first-order chi connectivity index (χ1) is 6.68. The van der Waals surface area contributed by atoms with Gasteiger partial charge in [0, 0.05) is 15.0 Å². The number of hydrogen-bond donors (Lipinski definition) is 0. The lowest BCUT2D eigenvalue weighted by atomic mass is 10.1. The van der Waals surface area contributed by atoms with Crippen LogP contribution < -0.4 is 0 Å². The molecule has 1 aromatic heterocycles. The van der Waals surface area contributed by atoms with E-state index in [2.05, 4.69) is 44.4 Å². The van der Waals surface area contributed by atoms with Crippen molar-refractivity contribution in [1.82, 2.24) is 0 Å². The van der Waals surface area contributed by atoms with E-state index in [1.165, 1.54) is 9.75 Å². The van der Waals surface area contributed by atoms with E-state index in [0.717, 1.165) is 0 Å². The van der Waals surface area contributed by atoms with Gasteiger partial charge in [0.15, 0.2) is 0 Å². The summed E-state index contributed by atoms with van der Waals surface area (Å²) in [4.78, 5) is 3.05. The van der Waals surface area contributed by atoms with Gasteiger partial charge in [-0.2, -0.15) is 0 Å². The van der Waals surface area contributed by atoms with Gasteiger partial charge in [-0.25, -0.2) is 0 Å². The van der Waals surface area contributed by atoms with Crippen LogP contribution in [0.25, 0.3) is 0 Å². The van der Waals surface area contributed by atoms with E-state index in [1.807, 2.05) is 23.1 Å². The van der Waals surface area contributed by atoms with Crippen LogP contribution in [0.3, 0.4) is 0 Å². The Morgan fingerprint density at radius 1 is 1.29 bits per heavy atom. The molecule has 0 aromatic carbocycles. The summed E-state index contributed by atoms with van der Waals surface area (Å²) >= 11 is 3.94. The molecule has 14 heavy (non-hydrogen) atoms. The van der Waals surface area contributed by atoms with Gasteiger partial charge in [-0.05, 0) is 29.4 Å². The molecular weight excluding hydrogens is 208 g/mol. The summed E-state index contributed by atoms with van der Waals surface area (Å²) in [6, 6.07) is 4.59. The van der Waals surface area contributed by atoms with Crippen molar-refractivity contribution in [2.24, 2.45) is 5.92 Å². The molecule has 0 fully saturated rings. The molecule has 0 aliphatic carbocycles. The quantitative estimate of drug-likeness (QED) is 0.694. The first-order valence-corrected chi connectivity index (χ1v) is 6.86. The number of hydrogen-bond acceptors (Lipinski definition) is 2. The second kappa shape index (κ2) is 4.11. The highest BCUT2D eigenvalue weighted by atomic mass is 32.2. The highest BCUT2D eigenvalue weighted by molar-refractivity contribution is 8.02. The summed E-state index contributed by atoms with van der Waals surface area (Å²) in [5, 5.41) is 2.91. The highest BCUT2D eigenvalue weighted by Crippen LogP contribution is 2.45. The zero-order valence-electron chi connectivity index (χ0n) is 8.86. The first kappa shape index (κ1) is 10.3. The van der Waals surface area contributed by atoms with Crippen molar-refractivity contribution in [2.75, 3.05) is 0 Å². The standard InChI is InChI=1S/C12H16S2/c1-8(2)10-4-5-11(14-10)12-9(3)6-7-13-12/h4-9,12H,1-3H3. The minimum Gasteiger partial charge on any atom is -0.144 e. The van der Waals surface area contributed by atoms with Gasteiger partial charge in [0.2, 0.25) is 0 Å². The van der Waals surface area contributed by atoms with Crippen molar-refractivity contribution >= 4 is 23.1 Å². The van der Waals surface area contributed by atoms with Crippen LogP contribution in [0.4, 0.5) is 0 Å². The maximum atomic E-state index is 2.31. The van der Waals surface area contributed by atoms with Crippen LogP contribution in [0, 0.1) is 5.92 Å². The summed E-state index contributed by atoms with van der Waals surface area (Å²) in [6.07, 6.45) is 2.31. The van der Waals surface area contributed by atoms with Gasteiger partial charge in [0.25, 0.3) is 0 Å². The Morgan fingerprint density at radius 3 is 2.57 bits per heavy atom. The average molecular weight is 224 g/mol. The van der Waals surface area contributed by atoms with Crippen molar-refractivity contribution in [3.05, 3.63) is 33.4 Å². The number of rotatable bonds is 2. The fourth-order valence-electron chi connectivity index (χ4n) is 1.64. The predicted molar refractivity (Wildman–Crippen MR) is 67.0 cm³/mol. The van der Waals surface area contributed by atoms with E-state index in [1.54, 1.807) is 0 Å². The van der Waals surface area contributed by atoms with Crippen LogP contribution >= 0.6 is 23.1 Å². The zero-order valence-corrected chi connectivity index (χ0v) is 10.5. The molecule has 2 unspecified atom stereocenters. The molecule has 2 heterocycles. The van der Waals surface area contributed by atoms with Gasteiger partial charge in [-0.1, -0.05) is 26.8 Å². The van der Waals surface area contributed by atoms with Gasteiger partial charge < -0.3 is 0 Å². The third-order valence-corrected chi connectivity index (χ3v) is 5.49. The van der Waals surface area contributed by atoms with Crippen LogP contribution in [-0.4, -0.2) is 0 Å². The first-order valence-electron chi connectivity index (χ1n) is 5.10. The van der Waals surface area contributed by atoms with Crippen molar-refractivity contribution in [3.8, 4) is 0 Å². The fourth-order valence-corrected chi connectivity index (χ4v) is 4.12. The molecule has 2 heteroatoms. The molecular formula is C12H16S2. The summed E-state index contributed by atoms with van der Waals surface area (Å²) in [5.74, 6) is 1.36. The molecule has 0 radical (unpaired) electrons. The monoisotopic (exact) mass is 224 g/mol. The van der Waals surface area contributed by atoms with Crippen molar-refractivity contribution in [3.63, 3.8) is 0 Å². The Hall–Kier alpha value is -0.210. The van der Waals surface area contributed by atoms with E-state index in [-0.39, 0.29) is 0 Å². The molecule has 0 saturated heterocycles. The molecule has 76 valence electrons. The van der Waals surface area contributed by atoms with Crippen LogP contribution in [-0.2, 0) is 0 Å². The Kier molecular flexibility index (Phi) is 3.03. The second-order valence-electron chi connectivity index (χ2n) is 4.14. The molecule has 0 nitrogen and oxygen atoms in total. The van der Waals surface area contributed by atoms with E-state index in [4.69, 9.17) is 0 Å². The van der Waals surface area contributed by atoms with E-state index in [0.29, 0.717) is 17.1 Å². The van der Waals surface area contributed by atoms with E-state index >= 15 is 0 Å². The topological polar surface area (TPSA) is 0 Å². The van der Waals surface area contributed by atoms with Gasteiger partial charge >= 0.3 is 0 Å². The van der Waals surface area contributed by atoms with Gasteiger partial charge in [-0.3, -0.25) is 0 Å². The Bertz CT molecular complexity index is 336. The number of allylic oxidation sites excluding steroid dienone is 1. The van der Waals surface area contributed by atoms with Crippen LogP contribution in [0.15, 0.2) is 23.6 Å². The zero-order chi connectivity index (χ0) is 10.1. The SMILES string of the molecule is CC(C)c1ccc(C2SC=CC2C)s1. The lowest BCUT2D eigenvalue weighted by Crippen LogP contribution is -1.95. The normalized spacial score (nSPS) is 26.3. The van der Waals surface area contributed by atoms with Crippen LogP contribution in [0.1, 0.15) is 41.7 Å². The summed E-state index contributed by atoms with van der Waals surface area (Å²) in [6.45, 7) is 6.83. The summed E-state index contributed by atoms with van der Waals surface area (Å²) < 4.78 is 0. The maximum Gasteiger partial charge on any atom is 0.0492 e. The van der Waals surface area contributed by atoms with Gasteiger partial charge in [0.1, 0.15) is 0 Å². The summed E-state index contributed by atoms with van der Waals surface area (Å²) in [5.41, 5.74) is 0. The van der Waals surface area contributed by atoms with Crippen molar-refractivity contribution < 1.29 is 0 Å². The molecule has 1 aliphatic heterocycles. The third-order valence-electron chi connectivity index (χ3n) is 2.58. The molecule has 0 N–H and O–H groups in total. The second-order valence-corrected chi connectivity index (χ2v) is 6.34. The van der Waals surface area contributed by atoms with Gasteiger partial charge in [-0.15, -0.1) is 23.1 Å². The smallest absolute Gasteiger partial charge is 0.0492 e. The fraction of sp³-hybridized carbons (Fsp3) is 0.500. The summed E-state index contributed by atoms with van der Waals surface area (Å²) in [7, 11) is 0. The van der Waals surface area contributed by atoms with Crippen molar-refractivity contribution in [2.45, 2.75) is 31.9 Å². The molecule has 0 spiro atoms. The molecule has 0 bridgehead atoms. The number of thioether (sulfide) groups is 1. The molecule has 1 aromatic rings. The maximum absolute atomic E-state index is 2.31. The molecule has 2 atom stereocenters. The van der Waals surface area contributed by atoms with Crippen LogP contribution in [0.2, 0.25) is 0 Å². The van der Waals surface area contributed by atoms with E-state index in [9.17, 15) is 0 Å². The minimum atomic E-state index is 0.670. The Labute approximate surface area is 94.4 Å². The lowest BCUT2D eigenvalue weighted by molar-refractivity contribution is 0.728. The Morgan fingerprint density at radius 2 is 2.07 bits per heavy atom. The largest absolute Gasteiger partial charge is 0.144 e. The molecule has 0 saturated carbocycles. The van der Waals surface area contributed by atoms with Crippen LogP contribution in [0.5, 0.6) is 0 Å². The molecule has 0 amide bonds. The van der Waals surface area contributed by atoms with E-state index < -0.39 is 0 Å². The lowest BCUT2D eigenvalue weighted by Gasteiger charge is -2.11. The highest BCUT2D eigenvalue weighted by Gasteiger charge is 2.23. The predicted octanol–water partition coefficient (Wildman–Crippen LogP) is 4.81. The molecule has 1 aliphatic rings. The van der Waals surface area contributed by atoms with Gasteiger partial charge in [0.05, 0.1) is 0 Å². The molecule has 2 rings (SSSR count). The minimum absolute atomic E-state index is 0.670. The average Bonchev–Trinajstić information content (AvgIpc) is 2.71. The number of thiophene rings is 1. The Balaban J connectivity index is 2.17. The van der Waals surface area contributed by atoms with Crippen molar-refractivity contribution in [1.29, 1.82) is 0 Å². The third kappa shape index (κ3) is 1.91.